The van der Waals surface area contributed by atoms with E-state index in [1.165, 1.54) is 6.42 Å². The van der Waals surface area contributed by atoms with Crippen LogP contribution in [0.3, 0.4) is 0 Å². The van der Waals surface area contributed by atoms with Gasteiger partial charge in [-0.2, -0.15) is 0 Å². The SMILES string of the molecule is CCC1(CC)CC(C)(C)CC(C)(N)C1N. The standard InChI is InChI=1S/C13H28N2/c1-6-13(7-2)9-11(3,4)8-12(5,15)10(13)14/h10H,6-9,14-15H2,1-5H3. The predicted molar refractivity (Wildman–Crippen MR) is 66.6 cm³/mol. The fraction of sp³-hybridized carbons (Fsp3) is 1.00. The summed E-state index contributed by atoms with van der Waals surface area (Å²) in [5.74, 6) is 0. The van der Waals surface area contributed by atoms with Crippen LogP contribution in [0, 0.1) is 10.8 Å². The maximum Gasteiger partial charge on any atom is 0.0289 e. The van der Waals surface area contributed by atoms with E-state index < -0.39 is 0 Å². The van der Waals surface area contributed by atoms with Crippen molar-refractivity contribution in [3.05, 3.63) is 0 Å². The van der Waals surface area contributed by atoms with Crippen molar-refractivity contribution in [2.24, 2.45) is 22.3 Å². The first-order valence-electron chi connectivity index (χ1n) is 6.23. The van der Waals surface area contributed by atoms with E-state index in [1.807, 2.05) is 0 Å². The second-order valence-corrected chi connectivity index (χ2v) is 6.57. The van der Waals surface area contributed by atoms with Crippen LogP contribution in [0.5, 0.6) is 0 Å². The van der Waals surface area contributed by atoms with Gasteiger partial charge in [0.05, 0.1) is 0 Å². The summed E-state index contributed by atoms with van der Waals surface area (Å²) in [4.78, 5) is 0. The van der Waals surface area contributed by atoms with Crippen LogP contribution in [0.4, 0.5) is 0 Å². The van der Waals surface area contributed by atoms with Crippen molar-refractivity contribution >= 4 is 0 Å². The van der Waals surface area contributed by atoms with Gasteiger partial charge in [-0.15, -0.1) is 0 Å². The molecule has 0 spiro atoms. The summed E-state index contributed by atoms with van der Waals surface area (Å²) in [6.45, 7) is 11.3. The molecule has 1 fully saturated rings. The topological polar surface area (TPSA) is 52.0 Å². The van der Waals surface area contributed by atoms with Gasteiger partial charge in [-0.25, -0.2) is 0 Å². The number of nitrogens with two attached hydrogens (primary N) is 2. The Kier molecular flexibility index (Phi) is 3.24. The monoisotopic (exact) mass is 212 g/mol. The van der Waals surface area contributed by atoms with Crippen molar-refractivity contribution in [2.75, 3.05) is 0 Å². The maximum atomic E-state index is 6.41. The molecule has 0 aromatic carbocycles. The summed E-state index contributed by atoms with van der Waals surface area (Å²) < 4.78 is 0. The van der Waals surface area contributed by atoms with Gasteiger partial charge in [0, 0.05) is 11.6 Å². The third-order valence-electron chi connectivity index (χ3n) is 4.47. The van der Waals surface area contributed by atoms with Crippen LogP contribution in [0.1, 0.15) is 60.3 Å². The van der Waals surface area contributed by atoms with E-state index in [-0.39, 0.29) is 17.0 Å². The first kappa shape index (κ1) is 13.0. The summed E-state index contributed by atoms with van der Waals surface area (Å²) in [5, 5.41) is 0. The Morgan fingerprint density at radius 2 is 1.53 bits per heavy atom. The Hall–Kier alpha value is -0.0800. The molecular weight excluding hydrogens is 184 g/mol. The lowest BCUT2D eigenvalue weighted by atomic mass is 9.53. The van der Waals surface area contributed by atoms with E-state index in [1.54, 1.807) is 0 Å². The van der Waals surface area contributed by atoms with Gasteiger partial charge in [0.25, 0.3) is 0 Å². The van der Waals surface area contributed by atoms with Crippen LogP contribution in [0.15, 0.2) is 0 Å². The molecule has 2 nitrogen and oxygen atoms in total. The lowest BCUT2D eigenvalue weighted by molar-refractivity contribution is 0.00110. The van der Waals surface area contributed by atoms with Crippen LogP contribution in [-0.4, -0.2) is 11.6 Å². The molecule has 1 saturated carbocycles. The molecule has 0 saturated heterocycles. The lowest BCUT2D eigenvalue weighted by Gasteiger charge is -2.56. The molecule has 1 rings (SSSR count). The molecule has 15 heavy (non-hydrogen) atoms. The van der Waals surface area contributed by atoms with Gasteiger partial charge in [-0.1, -0.05) is 27.7 Å². The second-order valence-electron chi connectivity index (χ2n) is 6.57. The van der Waals surface area contributed by atoms with Crippen LogP contribution < -0.4 is 11.5 Å². The molecule has 0 aliphatic heterocycles. The highest BCUT2D eigenvalue weighted by Gasteiger charge is 2.51. The number of rotatable bonds is 2. The fourth-order valence-electron chi connectivity index (χ4n) is 3.91. The molecule has 0 heterocycles. The molecule has 1 aliphatic carbocycles. The van der Waals surface area contributed by atoms with E-state index in [9.17, 15) is 0 Å². The highest BCUT2D eigenvalue weighted by molar-refractivity contribution is 5.09. The zero-order valence-corrected chi connectivity index (χ0v) is 11.1. The fourth-order valence-corrected chi connectivity index (χ4v) is 3.91. The van der Waals surface area contributed by atoms with Gasteiger partial charge in [-0.05, 0) is 43.4 Å². The largest absolute Gasteiger partial charge is 0.326 e. The van der Waals surface area contributed by atoms with Crippen molar-refractivity contribution in [1.82, 2.24) is 0 Å². The molecule has 2 unspecified atom stereocenters. The Bertz CT molecular complexity index is 227. The second kappa shape index (κ2) is 3.74. The van der Waals surface area contributed by atoms with E-state index in [4.69, 9.17) is 11.5 Å². The van der Waals surface area contributed by atoms with Crippen molar-refractivity contribution in [1.29, 1.82) is 0 Å². The Balaban J connectivity index is 3.07. The van der Waals surface area contributed by atoms with Crippen molar-refractivity contribution in [3.63, 3.8) is 0 Å². The maximum absolute atomic E-state index is 6.41. The summed E-state index contributed by atoms with van der Waals surface area (Å²) in [6, 6.07) is 0.132. The first-order chi connectivity index (χ1) is 6.69. The molecule has 1 aliphatic rings. The summed E-state index contributed by atoms with van der Waals surface area (Å²) in [5.41, 5.74) is 13.2. The average Bonchev–Trinajstić information content (AvgIpc) is 2.10. The van der Waals surface area contributed by atoms with Gasteiger partial charge in [-0.3, -0.25) is 0 Å². The van der Waals surface area contributed by atoms with E-state index >= 15 is 0 Å². The zero-order chi connectivity index (χ0) is 11.9. The molecule has 0 aromatic rings. The van der Waals surface area contributed by atoms with E-state index in [2.05, 4.69) is 34.6 Å². The van der Waals surface area contributed by atoms with Gasteiger partial charge >= 0.3 is 0 Å². The molecule has 2 heteroatoms. The predicted octanol–water partition coefficient (Wildman–Crippen LogP) is 2.66. The van der Waals surface area contributed by atoms with Crippen molar-refractivity contribution in [2.45, 2.75) is 71.9 Å². The minimum atomic E-state index is -0.215. The van der Waals surface area contributed by atoms with Gasteiger partial charge < -0.3 is 11.5 Å². The molecular formula is C13H28N2. The Morgan fingerprint density at radius 1 is 1.07 bits per heavy atom. The smallest absolute Gasteiger partial charge is 0.0289 e. The molecule has 90 valence electrons. The number of hydrogen-bond donors (Lipinski definition) is 2. The summed E-state index contributed by atoms with van der Waals surface area (Å²) >= 11 is 0. The van der Waals surface area contributed by atoms with Crippen molar-refractivity contribution in [3.8, 4) is 0 Å². The van der Waals surface area contributed by atoms with E-state index in [0.717, 1.165) is 19.3 Å². The normalized spacial score (nSPS) is 39.0. The minimum Gasteiger partial charge on any atom is -0.326 e. The molecule has 0 bridgehead atoms. The third kappa shape index (κ3) is 2.21. The van der Waals surface area contributed by atoms with Crippen molar-refractivity contribution < 1.29 is 0 Å². The van der Waals surface area contributed by atoms with E-state index in [0.29, 0.717) is 5.41 Å². The van der Waals surface area contributed by atoms with Crippen LogP contribution >= 0.6 is 0 Å². The van der Waals surface area contributed by atoms with Gasteiger partial charge in [0.2, 0.25) is 0 Å². The minimum absolute atomic E-state index is 0.132. The Labute approximate surface area is 94.8 Å². The lowest BCUT2D eigenvalue weighted by Crippen LogP contribution is -2.66. The molecule has 4 N–H and O–H groups in total. The summed E-state index contributed by atoms with van der Waals surface area (Å²) in [6.07, 6.45) is 4.52. The van der Waals surface area contributed by atoms with Crippen LogP contribution in [0.2, 0.25) is 0 Å². The van der Waals surface area contributed by atoms with Crippen LogP contribution in [0.25, 0.3) is 0 Å². The summed E-state index contributed by atoms with van der Waals surface area (Å²) in [7, 11) is 0. The highest BCUT2D eigenvalue weighted by Crippen LogP contribution is 2.52. The zero-order valence-electron chi connectivity index (χ0n) is 11.1. The number of hydrogen-bond acceptors (Lipinski definition) is 2. The highest BCUT2D eigenvalue weighted by atomic mass is 14.9. The van der Waals surface area contributed by atoms with Gasteiger partial charge in [0.15, 0.2) is 0 Å². The molecule has 0 aromatic heterocycles. The third-order valence-corrected chi connectivity index (χ3v) is 4.47. The quantitative estimate of drug-likeness (QED) is 0.739. The molecule has 0 radical (unpaired) electrons. The first-order valence-corrected chi connectivity index (χ1v) is 6.23. The molecule has 0 amide bonds. The van der Waals surface area contributed by atoms with Crippen LogP contribution in [-0.2, 0) is 0 Å². The van der Waals surface area contributed by atoms with Gasteiger partial charge in [0.1, 0.15) is 0 Å². The molecule has 2 atom stereocenters. The average molecular weight is 212 g/mol. The Morgan fingerprint density at radius 3 is 1.93 bits per heavy atom.